The summed E-state index contributed by atoms with van der Waals surface area (Å²) in [5, 5.41) is 0. The van der Waals surface area contributed by atoms with Gasteiger partial charge in [-0.05, 0) is 44.0 Å². The van der Waals surface area contributed by atoms with Crippen LogP contribution in [0.15, 0.2) is 46.5 Å². The molecule has 0 unspecified atom stereocenters. The van der Waals surface area contributed by atoms with Gasteiger partial charge >= 0.3 is 0 Å². The zero-order valence-corrected chi connectivity index (χ0v) is 12.4. The summed E-state index contributed by atoms with van der Waals surface area (Å²) in [6, 6.07) is 8.41. The van der Waals surface area contributed by atoms with Gasteiger partial charge in [-0.3, -0.25) is 0 Å². The van der Waals surface area contributed by atoms with E-state index in [1.807, 2.05) is 20.8 Å². The van der Waals surface area contributed by atoms with E-state index >= 15 is 0 Å². The van der Waals surface area contributed by atoms with E-state index in [2.05, 4.69) is 66.2 Å². The number of halogens is 1. The summed E-state index contributed by atoms with van der Waals surface area (Å²) in [5.41, 5.74) is 3.91. The predicted octanol–water partition coefficient (Wildman–Crippen LogP) is 5.84. The molecule has 1 heteroatoms. The topological polar surface area (TPSA) is 0 Å². The normalized spacial score (nSPS) is 9.62. The minimum Gasteiger partial charge on any atom is -0.0870 e. The van der Waals surface area contributed by atoms with Crippen LogP contribution in [-0.4, -0.2) is 0 Å². The van der Waals surface area contributed by atoms with Gasteiger partial charge in [-0.15, -0.1) is 0 Å². The van der Waals surface area contributed by atoms with Crippen LogP contribution in [0.5, 0.6) is 0 Å². The molecule has 0 spiro atoms. The Balaban J connectivity index is 0.00000106. The summed E-state index contributed by atoms with van der Waals surface area (Å²) >= 11 is 3.44. The van der Waals surface area contributed by atoms with Gasteiger partial charge in [0.05, 0.1) is 0 Å². The van der Waals surface area contributed by atoms with Crippen LogP contribution in [0.1, 0.15) is 40.2 Å². The Morgan fingerprint density at radius 3 is 1.94 bits per heavy atom. The monoisotopic (exact) mass is 280 g/mol. The fourth-order valence-corrected chi connectivity index (χ4v) is 1.61. The van der Waals surface area contributed by atoms with E-state index in [9.17, 15) is 0 Å². The van der Waals surface area contributed by atoms with Crippen molar-refractivity contribution in [3.63, 3.8) is 0 Å². The fourth-order valence-electron chi connectivity index (χ4n) is 1.35. The number of allylic oxidation sites excluding steroid dienone is 4. The van der Waals surface area contributed by atoms with Crippen molar-refractivity contribution in [1.82, 2.24) is 0 Å². The minimum atomic E-state index is 1.12. The van der Waals surface area contributed by atoms with Gasteiger partial charge in [0.25, 0.3) is 0 Å². The molecule has 0 radical (unpaired) electrons. The average Bonchev–Trinajstić information content (AvgIpc) is 2.30. The maximum absolute atomic E-state index is 3.44. The lowest BCUT2D eigenvalue weighted by Crippen LogP contribution is -1.83. The third-order valence-corrected chi connectivity index (χ3v) is 2.56. The third kappa shape index (κ3) is 4.80. The van der Waals surface area contributed by atoms with Crippen molar-refractivity contribution in [3.05, 3.63) is 52.0 Å². The second-order valence-electron chi connectivity index (χ2n) is 3.42. The Morgan fingerprint density at radius 2 is 1.56 bits per heavy atom. The molecule has 0 atom stereocenters. The van der Waals surface area contributed by atoms with Crippen molar-refractivity contribution in [2.24, 2.45) is 0 Å². The molecule has 0 aromatic heterocycles. The molecule has 0 heterocycles. The van der Waals surface area contributed by atoms with E-state index in [0.29, 0.717) is 0 Å². The second-order valence-corrected chi connectivity index (χ2v) is 4.34. The lowest BCUT2D eigenvalue weighted by Gasteiger charge is -2.05. The van der Waals surface area contributed by atoms with Crippen molar-refractivity contribution in [2.75, 3.05) is 0 Å². The van der Waals surface area contributed by atoms with Gasteiger partial charge in [-0.1, -0.05) is 59.6 Å². The first-order valence-corrected chi connectivity index (χ1v) is 6.50. The zero-order valence-electron chi connectivity index (χ0n) is 10.8. The van der Waals surface area contributed by atoms with Crippen molar-refractivity contribution in [3.8, 4) is 0 Å². The maximum Gasteiger partial charge on any atom is 0.0175 e. The molecule has 0 fully saturated rings. The highest BCUT2D eigenvalue weighted by molar-refractivity contribution is 9.10. The smallest absolute Gasteiger partial charge is 0.0175 e. The molecule has 0 saturated heterocycles. The van der Waals surface area contributed by atoms with Crippen LogP contribution in [0.2, 0.25) is 0 Å². The largest absolute Gasteiger partial charge is 0.0870 e. The van der Waals surface area contributed by atoms with E-state index in [1.54, 1.807) is 0 Å². The van der Waals surface area contributed by atoms with E-state index in [0.717, 1.165) is 4.47 Å². The number of hydrogen-bond donors (Lipinski definition) is 0. The van der Waals surface area contributed by atoms with Gasteiger partial charge in [0.1, 0.15) is 0 Å². The Bertz CT molecular complexity index is 352. The Labute approximate surface area is 108 Å². The zero-order chi connectivity index (χ0) is 12.6. The standard InChI is InChI=1S/C13H15Br.C2H6/c1-4-5-13(10(2)3)11-6-8-12(14)9-7-11;1-2/h4-9H,1-3H3;1-2H3/b5-4-;. The lowest BCUT2D eigenvalue weighted by atomic mass is 10.0. The molecule has 0 saturated carbocycles. The number of benzene rings is 1. The van der Waals surface area contributed by atoms with Crippen LogP contribution in [0.25, 0.3) is 5.57 Å². The highest BCUT2D eigenvalue weighted by Gasteiger charge is 1.98. The molecule has 0 N–H and O–H groups in total. The van der Waals surface area contributed by atoms with Gasteiger partial charge in [0.2, 0.25) is 0 Å². The van der Waals surface area contributed by atoms with Crippen molar-refractivity contribution >= 4 is 21.5 Å². The van der Waals surface area contributed by atoms with E-state index < -0.39 is 0 Å². The van der Waals surface area contributed by atoms with Crippen LogP contribution in [0.4, 0.5) is 0 Å². The summed E-state index contributed by atoms with van der Waals surface area (Å²) in [6.45, 7) is 10.3. The van der Waals surface area contributed by atoms with Gasteiger partial charge in [0.15, 0.2) is 0 Å². The molecule has 0 aliphatic carbocycles. The molecule has 0 bridgehead atoms. The Morgan fingerprint density at radius 1 is 1.06 bits per heavy atom. The van der Waals surface area contributed by atoms with Crippen LogP contribution in [0, 0.1) is 0 Å². The van der Waals surface area contributed by atoms with Crippen molar-refractivity contribution in [1.29, 1.82) is 0 Å². The summed E-state index contributed by atoms with van der Waals surface area (Å²) < 4.78 is 1.12. The van der Waals surface area contributed by atoms with Crippen LogP contribution >= 0.6 is 15.9 Å². The van der Waals surface area contributed by atoms with Crippen molar-refractivity contribution in [2.45, 2.75) is 34.6 Å². The summed E-state index contributed by atoms with van der Waals surface area (Å²) in [7, 11) is 0. The van der Waals surface area contributed by atoms with Crippen LogP contribution in [0.3, 0.4) is 0 Å². The van der Waals surface area contributed by atoms with Gasteiger partial charge in [-0.2, -0.15) is 0 Å². The van der Waals surface area contributed by atoms with Gasteiger partial charge in [0, 0.05) is 4.47 Å². The minimum absolute atomic E-state index is 1.12. The molecule has 0 aliphatic heterocycles. The molecule has 1 aromatic rings. The Kier molecular flexibility index (Phi) is 7.92. The molecule has 0 aliphatic rings. The van der Waals surface area contributed by atoms with E-state index in [4.69, 9.17) is 0 Å². The predicted molar refractivity (Wildman–Crippen MR) is 78.6 cm³/mol. The fraction of sp³-hybridized carbons (Fsp3) is 0.333. The first-order chi connectivity index (χ1) is 7.65. The molecule has 1 rings (SSSR count). The molecule has 16 heavy (non-hydrogen) atoms. The van der Waals surface area contributed by atoms with Gasteiger partial charge in [-0.25, -0.2) is 0 Å². The second kappa shape index (κ2) is 8.35. The number of rotatable bonds is 2. The highest BCUT2D eigenvalue weighted by Crippen LogP contribution is 2.22. The van der Waals surface area contributed by atoms with E-state index in [-0.39, 0.29) is 0 Å². The van der Waals surface area contributed by atoms with Gasteiger partial charge < -0.3 is 0 Å². The highest BCUT2D eigenvalue weighted by atomic mass is 79.9. The van der Waals surface area contributed by atoms with E-state index in [1.165, 1.54) is 16.7 Å². The van der Waals surface area contributed by atoms with Crippen LogP contribution < -0.4 is 0 Å². The SMILES string of the molecule is C/C=C\C(=C(C)C)c1ccc(Br)cc1.CC. The molecular weight excluding hydrogens is 260 g/mol. The first kappa shape index (κ1) is 15.2. The number of hydrogen-bond acceptors (Lipinski definition) is 0. The molecule has 0 amide bonds. The molecule has 0 nitrogen and oxygen atoms in total. The maximum atomic E-state index is 3.44. The molecule has 88 valence electrons. The lowest BCUT2D eigenvalue weighted by molar-refractivity contribution is 1.39. The van der Waals surface area contributed by atoms with Crippen LogP contribution in [-0.2, 0) is 0 Å². The summed E-state index contributed by atoms with van der Waals surface area (Å²) in [5.74, 6) is 0. The Hall–Kier alpha value is -0.820. The van der Waals surface area contributed by atoms with Crippen molar-refractivity contribution < 1.29 is 0 Å². The third-order valence-electron chi connectivity index (χ3n) is 2.03. The summed E-state index contributed by atoms with van der Waals surface area (Å²) in [6.07, 6.45) is 4.23. The summed E-state index contributed by atoms with van der Waals surface area (Å²) in [4.78, 5) is 0. The quantitative estimate of drug-likeness (QED) is 0.597. The molecule has 1 aromatic carbocycles. The average molecular weight is 281 g/mol. The first-order valence-electron chi connectivity index (χ1n) is 5.71. The molecular formula is C15H21Br.